The molecule has 0 aliphatic carbocycles. The summed E-state index contributed by atoms with van der Waals surface area (Å²) in [4.78, 5) is 0. The van der Waals surface area contributed by atoms with Gasteiger partial charge >= 0.3 is 0 Å². The first-order chi connectivity index (χ1) is 7.36. The molecule has 0 saturated carbocycles. The van der Waals surface area contributed by atoms with Crippen LogP contribution in [0.1, 0.15) is 45.4 Å². The average Bonchev–Trinajstić information content (AvgIpc) is 2.75. The highest BCUT2D eigenvalue weighted by Gasteiger charge is 2.17. The fraction of sp³-hybridized carbons (Fsp3) is 0.846. The third-order valence-electron chi connectivity index (χ3n) is 2.99. The Morgan fingerprint density at radius 2 is 2.40 bits per heavy atom. The average molecular weight is 209 g/mol. The Labute approximate surface area is 93.8 Å². The maximum atomic E-state index is 5.62. The fourth-order valence-corrected chi connectivity index (χ4v) is 2.15. The molecule has 1 rings (SSSR count). The summed E-state index contributed by atoms with van der Waals surface area (Å²) in [6, 6.07) is 0.579. The molecule has 2 nitrogen and oxygen atoms in total. The second kappa shape index (κ2) is 7.73. The summed E-state index contributed by atoms with van der Waals surface area (Å²) < 4.78 is 5.62. The second-order valence-electron chi connectivity index (χ2n) is 4.21. The molecule has 0 spiro atoms. The molecule has 1 aliphatic heterocycles. The highest BCUT2D eigenvalue weighted by Crippen LogP contribution is 2.18. The van der Waals surface area contributed by atoms with Crippen molar-refractivity contribution in [2.45, 2.75) is 57.6 Å². The number of terminal acetylenes is 1. The number of nitrogens with one attached hydrogen (secondary N) is 1. The molecule has 0 aromatic rings. The van der Waals surface area contributed by atoms with Crippen LogP contribution in [0.15, 0.2) is 0 Å². The highest BCUT2D eigenvalue weighted by atomic mass is 16.5. The summed E-state index contributed by atoms with van der Waals surface area (Å²) >= 11 is 0. The molecule has 86 valence electrons. The molecule has 1 heterocycles. The number of rotatable bonds is 7. The van der Waals surface area contributed by atoms with E-state index in [-0.39, 0.29) is 0 Å². The molecule has 1 saturated heterocycles. The van der Waals surface area contributed by atoms with Crippen molar-refractivity contribution in [2.75, 3.05) is 13.2 Å². The van der Waals surface area contributed by atoms with Gasteiger partial charge in [-0.3, -0.25) is 0 Å². The third kappa shape index (κ3) is 5.20. The predicted octanol–water partition coefficient (Wildman–Crippen LogP) is 2.34. The lowest BCUT2D eigenvalue weighted by Gasteiger charge is -2.18. The Morgan fingerprint density at radius 3 is 3.00 bits per heavy atom. The molecule has 0 bridgehead atoms. The molecule has 0 aromatic carbocycles. The molecule has 2 unspecified atom stereocenters. The smallest absolute Gasteiger partial charge is 0.0576 e. The van der Waals surface area contributed by atoms with Crippen LogP contribution in [0, 0.1) is 12.3 Å². The zero-order chi connectivity index (χ0) is 10.9. The van der Waals surface area contributed by atoms with Gasteiger partial charge in [0.15, 0.2) is 0 Å². The van der Waals surface area contributed by atoms with Gasteiger partial charge in [-0.1, -0.05) is 6.92 Å². The molecule has 0 amide bonds. The molecule has 0 aromatic heterocycles. The van der Waals surface area contributed by atoms with Crippen LogP contribution in [-0.4, -0.2) is 25.3 Å². The van der Waals surface area contributed by atoms with Crippen molar-refractivity contribution in [3.63, 3.8) is 0 Å². The van der Waals surface area contributed by atoms with E-state index in [1.165, 1.54) is 25.7 Å². The summed E-state index contributed by atoms with van der Waals surface area (Å²) in [6.45, 7) is 4.14. The van der Waals surface area contributed by atoms with E-state index in [4.69, 9.17) is 11.2 Å². The van der Waals surface area contributed by atoms with E-state index in [0.717, 1.165) is 26.0 Å². The fourth-order valence-electron chi connectivity index (χ4n) is 2.15. The Bertz CT molecular complexity index is 191. The molecular weight excluding hydrogens is 186 g/mol. The Kier molecular flexibility index (Phi) is 6.47. The topological polar surface area (TPSA) is 21.3 Å². The lowest BCUT2D eigenvalue weighted by molar-refractivity contribution is 0.0994. The van der Waals surface area contributed by atoms with Crippen LogP contribution < -0.4 is 5.32 Å². The quantitative estimate of drug-likeness (QED) is 0.650. The number of hydrogen-bond donors (Lipinski definition) is 1. The van der Waals surface area contributed by atoms with Crippen LogP contribution in [-0.2, 0) is 4.74 Å². The minimum atomic E-state index is 0.511. The van der Waals surface area contributed by atoms with Crippen molar-refractivity contribution >= 4 is 0 Å². The summed E-state index contributed by atoms with van der Waals surface area (Å²) in [6.07, 6.45) is 12.6. The molecule has 1 N–H and O–H groups in total. The highest BCUT2D eigenvalue weighted by molar-refractivity contribution is 4.86. The monoisotopic (exact) mass is 209 g/mol. The Morgan fingerprint density at radius 1 is 1.53 bits per heavy atom. The van der Waals surface area contributed by atoms with Crippen LogP contribution in [0.3, 0.4) is 0 Å². The predicted molar refractivity (Wildman–Crippen MR) is 63.7 cm³/mol. The Balaban J connectivity index is 2.15. The van der Waals surface area contributed by atoms with Gasteiger partial charge in [0, 0.05) is 19.1 Å². The summed E-state index contributed by atoms with van der Waals surface area (Å²) in [5, 5.41) is 3.49. The lowest BCUT2D eigenvalue weighted by atomic mass is 10.0. The number of hydrogen-bond acceptors (Lipinski definition) is 2. The zero-order valence-corrected chi connectivity index (χ0v) is 9.80. The van der Waals surface area contributed by atoms with E-state index in [1.807, 2.05) is 0 Å². The van der Waals surface area contributed by atoms with Crippen LogP contribution in [0.25, 0.3) is 0 Å². The van der Waals surface area contributed by atoms with Gasteiger partial charge in [0.1, 0.15) is 0 Å². The second-order valence-corrected chi connectivity index (χ2v) is 4.21. The van der Waals surface area contributed by atoms with E-state index in [1.54, 1.807) is 0 Å². The summed E-state index contributed by atoms with van der Waals surface area (Å²) in [7, 11) is 0. The third-order valence-corrected chi connectivity index (χ3v) is 2.99. The molecule has 2 atom stereocenters. The lowest BCUT2D eigenvalue weighted by Crippen LogP contribution is -2.29. The van der Waals surface area contributed by atoms with Gasteiger partial charge in [0.25, 0.3) is 0 Å². The molecule has 1 fully saturated rings. The maximum absolute atomic E-state index is 5.62. The van der Waals surface area contributed by atoms with Gasteiger partial charge < -0.3 is 10.1 Å². The van der Waals surface area contributed by atoms with Crippen molar-refractivity contribution in [1.82, 2.24) is 5.32 Å². The SMILES string of the molecule is C#CCCC(CCC1CCCO1)NCC. The van der Waals surface area contributed by atoms with Crippen LogP contribution in [0.5, 0.6) is 0 Å². The van der Waals surface area contributed by atoms with E-state index in [2.05, 4.69) is 18.2 Å². The molecular formula is C13H23NO. The van der Waals surface area contributed by atoms with E-state index in [9.17, 15) is 0 Å². The van der Waals surface area contributed by atoms with Gasteiger partial charge in [0.2, 0.25) is 0 Å². The van der Waals surface area contributed by atoms with Crippen LogP contribution in [0.4, 0.5) is 0 Å². The standard InChI is InChI=1S/C13H23NO/c1-3-5-7-12(14-4-2)9-10-13-8-6-11-15-13/h1,12-14H,4-11H2,2H3. The van der Waals surface area contributed by atoms with Crippen molar-refractivity contribution in [2.24, 2.45) is 0 Å². The van der Waals surface area contributed by atoms with Gasteiger partial charge in [0.05, 0.1) is 6.10 Å². The first-order valence-corrected chi connectivity index (χ1v) is 6.15. The molecule has 2 heteroatoms. The minimum absolute atomic E-state index is 0.511. The van der Waals surface area contributed by atoms with E-state index in [0.29, 0.717) is 12.1 Å². The minimum Gasteiger partial charge on any atom is -0.378 e. The largest absolute Gasteiger partial charge is 0.378 e. The Hall–Kier alpha value is -0.520. The maximum Gasteiger partial charge on any atom is 0.0576 e. The first kappa shape index (κ1) is 12.5. The van der Waals surface area contributed by atoms with Crippen LogP contribution >= 0.6 is 0 Å². The van der Waals surface area contributed by atoms with Crippen LogP contribution in [0.2, 0.25) is 0 Å². The zero-order valence-electron chi connectivity index (χ0n) is 9.80. The normalized spacial score (nSPS) is 22.5. The van der Waals surface area contributed by atoms with Gasteiger partial charge in [-0.25, -0.2) is 0 Å². The van der Waals surface area contributed by atoms with E-state index >= 15 is 0 Å². The molecule has 1 aliphatic rings. The van der Waals surface area contributed by atoms with E-state index < -0.39 is 0 Å². The summed E-state index contributed by atoms with van der Waals surface area (Å²) in [5.41, 5.74) is 0. The van der Waals surface area contributed by atoms with Crippen molar-refractivity contribution in [3.05, 3.63) is 0 Å². The summed E-state index contributed by atoms with van der Waals surface area (Å²) in [5.74, 6) is 2.71. The van der Waals surface area contributed by atoms with Gasteiger partial charge in [-0.05, 0) is 38.6 Å². The first-order valence-electron chi connectivity index (χ1n) is 6.15. The van der Waals surface area contributed by atoms with Crippen molar-refractivity contribution < 1.29 is 4.74 Å². The van der Waals surface area contributed by atoms with Crippen molar-refractivity contribution in [1.29, 1.82) is 0 Å². The van der Waals surface area contributed by atoms with Gasteiger partial charge in [-0.15, -0.1) is 12.3 Å². The number of ether oxygens (including phenoxy) is 1. The van der Waals surface area contributed by atoms with Gasteiger partial charge in [-0.2, -0.15) is 0 Å². The molecule has 15 heavy (non-hydrogen) atoms. The van der Waals surface area contributed by atoms with Crippen molar-refractivity contribution in [3.8, 4) is 12.3 Å². The molecule has 0 radical (unpaired) electrons.